The number of carboxylic acids is 1. The van der Waals surface area contributed by atoms with Gasteiger partial charge in [-0.2, -0.15) is 5.26 Å². The van der Waals surface area contributed by atoms with Crippen LogP contribution in [0.2, 0.25) is 0 Å². The number of hydrogen-bond donors (Lipinski definition) is 3. The van der Waals surface area contributed by atoms with Gasteiger partial charge in [-0.15, -0.1) is 0 Å². The molecule has 0 bridgehead atoms. The number of nitrogens with two attached hydrogens (primary N) is 1. The number of guanidine groups is 1. The van der Waals surface area contributed by atoms with Gasteiger partial charge >= 0.3 is 5.97 Å². The minimum absolute atomic E-state index is 0.121. The van der Waals surface area contributed by atoms with E-state index in [4.69, 9.17) is 16.1 Å². The highest BCUT2D eigenvalue weighted by Gasteiger charge is 2.20. The highest BCUT2D eigenvalue weighted by atomic mass is 16.4. The first kappa shape index (κ1) is 12.5. The van der Waals surface area contributed by atoms with Crippen molar-refractivity contribution in [1.82, 2.24) is 0 Å². The molecule has 0 aromatic carbocycles. The molecule has 2 unspecified atom stereocenters. The highest BCUT2D eigenvalue weighted by molar-refractivity contribution is 6.11. The molecule has 1 aliphatic rings. The molecule has 0 aromatic heterocycles. The third-order valence-corrected chi connectivity index (χ3v) is 1.81. The summed E-state index contributed by atoms with van der Waals surface area (Å²) in [6.07, 6.45) is 1.77. The van der Waals surface area contributed by atoms with Gasteiger partial charge in [0.2, 0.25) is 5.96 Å². The number of carbonyl (C=O) groups is 1. The van der Waals surface area contributed by atoms with Gasteiger partial charge in [-0.3, -0.25) is 0 Å². The maximum Gasteiger partial charge on any atom is 0.338 e. The van der Waals surface area contributed by atoms with E-state index in [-0.39, 0.29) is 11.5 Å². The van der Waals surface area contributed by atoms with Crippen LogP contribution < -0.4 is 5.73 Å². The smallest absolute Gasteiger partial charge is 0.338 e. The largest absolute Gasteiger partial charge is 0.478 e. The Hall–Kier alpha value is -2.53. The summed E-state index contributed by atoms with van der Waals surface area (Å²) in [4.78, 5) is 21.5. The minimum Gasteiger partial charge on any atom is -0.478 e. The lowest BCUT2D eigenvalue weighted by Crippen LogP contribution is -2.23. The second kappa shape index (κ2) is 5.53. The minimum atomic E-state index is -1.25. The van der Waals surface area contributed by atoms with Crippen molar-refractivity contribution in [3.8, 4) is 6.07 Å². The molecule has 1 heterocycles. The van der Waals surface area contributed by atoms with Gasteiger partial charge in [0.05, 0.1) is 11.6 Å². The number of rotatable bonds is 2. The Labute approximate surface area is 96.1 Å². The van der Waals surface area contributed by atoms with Crippen molar-refractivity contribution >= 4 is 24.4 Å². The first-order valence-electron chi connectivity index (χ1n) is 4.47. The van der Waals surface area contributed by atoms with E-state index in [9.17, 15) is 9.90 Å². The number of hydrogen-bond acceptors (Lipinski definition) is 7. The molecule has 0 saturated carbocycles. The van der Waals surface area contributed by atoms with Crippen molar-refractivity contribution < 1.29 is 15.0 Å². The van der Waals surface area contributed by atoms with Gasteiger partial charge < -0.3 is 15.9 Å². The van der Waals surface area contributed by atoms with Crippen LogP contribution in [0.1, 0.15) is 0 Å². The molecule has 1 aliphatic heterocycles. The molecule has 0 aromatic rings. The van der Waals surface area contributed by atoms with Crippen molar-refractivity contribution in [2.45, 2.75) is 6.23 Å². The molecule has 2 atom stereocenters. The van der Waals surface area contributed by atoms with Crippen LogP contribution in [0.25, 0.3) is 0 Å². The Morgan fingerprint density at radius 3 is 2.88 bits per heavy atom. The zero-order valence-electron chi connectivity index (χ0n) is 8.56. The maximum atomic E-state index is 10.6. The molecular formula is C9H9N5O3. The number of nitrogens with zero attached hydrogens (tertiary/aromatic N) is 4. The van der Waals surface area contributed by atoms with Crippen LogP contribution in [0.4, 0.5) is 0 Å². The van der Waals surface area contributed by atoms with Crippen molar-refractivity contribution in [3.05, 3.63) is 11.8 Å². The highest BCUT2D eigenvalue weighted by Crippen LogP contribution is 2.08. The predicted octanol–water partition coefficient (Wildman–Crippen LogP) is -1.12. The van der Waals surface area contributed by atoms with E-state index in [2.05, 4.69) is 15.0 Å². The fourth-order valence-corrected chi connectivity index (χ4v) is 0.919. The first-order valence-corrected chi connectivity index (χ1v) is 4.47. The van der Waals surface area contributed by atoms with E-state index in [0.717, 1.165) is 12.4 Å². The molecule has 0 fully saturated rings. The van der Waals surface area contributed by atoms with Crippen molar-refractivity contribution in [3.63, 3.8) is 0 Å². The number of carboxylic acid groups (broad SMARTS) is 1. The Kier molecular flexibility index (Phi) is 4.08. The molecule has 0 amide bonds. The second-order valence-electron chi connectivity index (χ2n) is 2.96. The standard InChI is InChI=1S/C9H9N5O3/c10-1-5-3-12-9(14-7(5)15)13-4-6(2-11)8(16)17/h2-5,7,15H,11H2,(H,16,17)/b6-2+,13-4+. The fourth-order valence-electron chi connectivity index (χ4n) is 0.919. The molecule has 0 radical (unpaired) electrons. The third kappa shape index (κ3) is 3.22. The quantitative estimate of drug-likeness (QED) is 0.410. The third-order valence-electron chi connectivity index (χ3n) is 1.81. The zero-order chi connectivity index (χ0) is 12.8. The summed E-state index contributed by atoms with van der Waals surface area (Å²) < 4.78 is 0. The molecule has 17 heavy (non-hydrogen) atoms. The number of aliphatic hydroxyl groups is 1. The van der Waals surface area contributed by atoms with Crippen molar-refractivity contribution in [2.24, 2.45) is 26.6 Å². The normalized spacial score (nSPS) is 24.5. The predicted molar refractivity (Wildman–Crippen MR) is 59.4 cm³/mol. The Bertz CT molecular complexity index is 472. The molecule has 0 saturated heterocycles. The lowest BCUT2D eigenvalue weighted by Gasteiger charge is -2.11. The number of aliphatic carboxylic acids is 1. The lowest BCUT2D eigenvalue weighted by molar-refractivity contribution is -0.132. The molecule has 1 rings (SSSR count). The zero-order valence-corrected chi connectivity index (χ0v) is 8.56. The van der Waals surface area contributed by atoms with Crippen LogP contribution in [-0.4, -0.2) is 40.8 Å². The van der Waals surface area contributed by atoms with Gasteiger partial charge in [-0.05, 0) is 0 Å². The van der Waals surface area contributed by atoms with Gasteiger partial charge in [0.1, 0.15) is 5.92 Å². The average Bonchev–Trinajstić information content (AvgIpc) is 2.29. The van der Waals surface area contributed by atoms with E-state index >= 15 is 0 Å². The van der Waals surface area contributed by atoms with E-state index < -0.39 is 18.1 Å². The molecule has 0 spiro atoms. The van der Waals surface area contributed by atoms with Crippen LogP contribution in [0.3, 0.4) is 0 Å². The van der Waals surface area contributed by atoms with Gasteiger partial charge in [0, 0.05) is 18.6 Å². The summed E-state index contributed by atoms with van der Waals surface area (Å²) in [6.45, 7) is 0. The monoisotopic (exact) mass is 235 g/mol. The SMILES string of the molecule is N#CC1C=NC(/N=C/C(=C\N)C(=O)O)=NC1O. The average molecular weight is 235 g/mol. The van der Waals surface area contributed by atoms with Gasteiger partial charge in [-0.1, -0.05) is 0 Å². The summed E-state index contributed by atoms with van der Waals surface area (Å²) in [6, 6.07) is 1.78. The van der Waals surface area contributed by atoms with E-state index in [0.29, 0.717) is 0 Å². The van der Waals surface area contributed by atoms with Crippen molar-refractivity contribution in [1.29, 1.82) is 5.26 Å². The lowest BCUT2D eigenvalue weighted by atomic mass is 10.1. The Balaban J connectivity index is 2.79. The van der Waals surface area contributed by atoms with Crippen LogP contribution in [0.15, 0.2) is 26.8 Å². The van der Waals surface area contributed by atoms with E-state index in [1.807, 2.05) is 0 Å². The van der Waals surface area contributed by atoms with Gasteiger partial charge in [0.25, 0.3) is 0 Å². The molecule has 8 nitrogen and oxygen atoms in total. The number of nitriles is 1. The van der Waals surface area contributed by atoms with Gasteiger partial charge in [-0.25, -0.2) is 19.8 Å². The van der Waals surface area contributed by atoms with Crippen LogP contribution >= 0.6 is 0 Å². The van der Waals surface area contributed by atoms with Crippen LogP contribution in [0.5, 0.6) is 0 Å². The molecular weight excluding hydrogens is 226 g/mol. The second-order valence-corrected chi connectivity index (χ2v) is 2.96. The first-order chi connectivity index (χ1) is 8.08. The summed E-state index contributed by atoms with van der Waals surface area (Å²) in [7, 11) is 0. The number of aliphatic imine (C=N–C) groups is 3. The molecule has 8 heteroatoms. The summed E-state index contributed by atoms with van der Waals surface area (Å²) in [5.41, 5.74) is 4.82. The number of aliphatic hydroxyl groups excluding tert-OH is 1. The van der Waals surface area contributed by atoms with E-state index in [1.54, 1.807) is 6.07 Å². The Morgan fingerprint density at radius 2 is 2.41 bits per heavy atom. The maximum absolute atomic E-state index is 10.6. The molecule has 4 N–H and O–H groups in total. The topological polar surface area (TPSA) is 144 Å². The molecule has 88 valence electrons. The van der Waals surface area contributed by atoms with Crippen LogP contribution in [0, 0.1) is 17.2 Å². The Morgan fingerprint density at radius 1 is 1.71 bits per heavy atom. The van der Waals surface area contributed by atoms with Gasteiger partial charge in [0.15, 0.2) is 6.23 Å². The fraction of sp³-hybridized carbons (Fsp3) is 0.222. The van der Waals surface area contributed by atoms with E-state index in [1.165, 1.54) is 6.21 Å². The van der Waals surface area contributed by atoms with Crippen molar-refractivity contribution in [2.75, 3.05) is 0 Å². The summed E-state index contributed by atoms with van der Waals surface area (Å²) in [5, 5.41) is 26.5. The summed E-state index contributed by atoms with van der Waals surface area (Å²) in [5.74, 6) is -2.19. The summed E-state index contributed by atoms with van der Waals surface area (Å²) >= 11 is 0. The van der Waals surface area contributed by atoms with Crippen LogP contribution in [-0.2, 0) is 4.79 Å². The molecule has 0 aliphatic carbocycles.